The molecule has 2 heterocycles. The Hall–Kier alpha value is -2.62. The number of imidazole rings is 1. The highest BCUT2D eigenvalue weighted by Gasteiger charge is 2.16. The molecule has 0 radical (unpaired) electrons. The number of amides is 1. The van der Waals surface area contributed by atoms with Gasteiger partial charge in [-0.1, -0.05) is 23.2 Å². The van der Waals surface area contributed by atoms with Crippen LogP contribution in [0.25, 0.3) is 11.2 Å². The molecular formula is C18H21Cl2N7O2. The fraction of sp³-hybridized carbons (Fsp3) is 0.333. The first-order valence-electron chi connectivity index (χ1n) is 8.90. The van der Waals surface area contributed by atoms with Gasteiger partial charge >= 0.3 is 0 Å². The van der Waals surface area contributed by atoms with E-state index in [4.69, 9.17) is 39.4 Å². The molecule has 5 N–H and O–H groups in total. The number of benzene rings is 1. The summed E-state index contributed by atoms with van der Waals surface area (Å²) in [6.45, 7) is 0.703. The second-order valence-electron chi connectivity index (χ2n) is 6.35. The van der Waals surface area contributed by atoms with Crippen LogP contribution in [0.3, 0.4) is 0 Å². The van der Waals surface area contributed by atoms with Crippen molar-refractivity contribution in [2.45, 2.75) is 25.4 Å². The first-order valence-corrected chi connectivity index (χ1v) is 9.66. The highest BCUT2D eigenvalue weighted by atomic mass is 35.5. The number of nitrogen functional groups attached to an aromatic ring is 1. The van der Waals surface area contributed by atoms with Gasteiger partial charge < -0.3 is 26.1 Å². The number of halogens is 2. The maximum absolute atomic E-state index is 11.5. The van der Waals surface area contributed by atoms with Crippen molar-refractivity contribution in [3.8, 4) is 5.75 Å². The number of carbonyl (C=O) groups is 1. The molecule has 0 aliphatic carbocycles. The molecule has 1 unspecified atom stereocenters. The third-order valence-electron chi connectivity index (χ3n) is 4.41. The second kappa shape index (κ2) is 9.25. The van der Waals surface area contributed by atoms with Crippen LogP contribution in [0.4, 0.5) is 5.82 Å². The van der Waals surface area contributed by atoms with Crippen LogP contribution in [0.5, 0.6) is 5.75 Å². The zero-order valence-corrected chi connectivity index (χ0v) is 17.2. The summed E-state index contributed by atoms with van der Waals surface area (Å²) < 4.78 is 7.69. The standard InChI is InChI=1S/C18H21Cl2N7O2/c1-23-18(28)12(21)3-2-6-29-13-5-4-11(19)14(20)10(13)7-27-9-26-15-16(22)24-8-25-17(15)27/h4-5,8-9,12H,2-3,6-7,21H2,1H3,(H,23,28)(H2,22,24,25). The minimum atomic E-state index is -0.570. The van der Waals surface area contributed by atoms with Gasteiger partial charge in [0.05, 0.1) is 35.6 Å². The van der Waals surface area contributed by atoms with Crippen molar-refractivity contribution in [3.63, 3.8) is 0 Å². The summed E-state index contributed by atoms with van der Waals surface area (Å²) >= 11 is 12.6. The summed E-state index contributed by atoms with van der Waals surface area (Å²) in [5.74, 6) is 0.681. The summed E-state index contributed by atoms with van der Waals surface area (Å²) in [5.41, 5.74) is 13.4. The van der Waals surface area contributed by atoms with E-state index < -0.39 is 6.04 Å². The zero-order valence-electron chi connectivity index (χ0n) is 15.7. The fourth-order valence-electron chi connectivity index (χ4n) is 2.84. The SMILES string of the molecule is CNC(=O)C(N)CCCOc1ccc(Cl)c(Cl)c1Cn1cnc2c(N)ncnc21. The number of nitrogens with zero attached hydrogens (tertiary/aromatic N) is 4. The van der Waals surface area contributed by atoms with Crippen molar-refractivity contribution in [2.24, 2.45) is 5.73 Å². The molecule has 0 aliphatic heterocycles. The lowest BCUT2D eigenvalue weighted by Gasteiger charge is -2.15. The van der Waals surface area contributed by atoms with Crippen LogP contribution in [0, 0.1) is 0 Å². The van der Waals surface area contributed by atoms with E-state index >= 15 is 0 Å². The van der Waals surface area contributed by atoms with Crippen LogP contribution in [-0.4, -0.2) is 45.1 Å². The van der Waals surface area contributed by atoms with Crippen LogP contribution in [0.1, 0.15) is 18.4 Å². The summed E-state index contributed by atoms with van der Waals surface area (Å²) in [4.78, 5) is 23.9. The van der Waals surface area contributed by atoms with Crippen molar-refractivity contribution in [1.29, 1.82) is 0 Å². The maximum Gasteiger partial charge on any atom is 0.236 e. The van der Waals surface area contributed by atoms with Gasteiger partial charge in [0.15, 0.2) is 11.5 Å². The van der Waals surface area contributed by atoms with Gasteiger partial charge in [-0.05, 0) is 25.0 Å². The highest BCUT2D eigenvalue weighted by molar-refractivity contribution is 6.42. The minimum absolute atomic E-state index is 0.200. The number of nitrogens with two attached hydrogens (primary N) is 2. The van der Waals surface area contributed by atoms with Gasteiger partial charge in [0, 0.05) is 12.6 Å². The van der Waals surface area contributed by atoms with Gasteiger partial charge in [0.1, 0.15) is 17.6 Å². The quantitative estimate of drug-likeness (QED) is 0.458. The maximum atomic E-state index is 11.5. The molecule has 0 aliphatic rings. The predicted octanol–water partition coefficient (Wildman–Crippen LogP) is 2.00. The average Bonchev–Trinajstić information content (AvgIpc) is 3.13. The number of aromatic nitrogens is 4. The molecule has 1 aromatic carbocycles. The lowest BCUT2D eigenvalue weighted by molar-refractivity contribution is -0.122. The van der Waals surface area contributed by atoms with E-state index in [-0.39, 0.29) is 5.91 Å². The van der Waals surface area contributed by atoms with Crippen molar-refractivity contribution in [3.05, 3.63) is 40.4 Å². The number of likely N-dealkylation sites (N-methyl/N-ethyl adjacent to an activating group) is 1. The van der Waals surface area contributed by atoms with Gasteiger partial charge in [-0.3, -0.25) is 4.79 Å². The molecule has 11 heteroatoms. The zero-order chi connectivity index (χ0) is 21.0. The van der Waals surface area contributed by atoms with E-state index in [1.165, 1.54) is 6.33 Å². The summed E-state index contributed by atoms with van der Waals surface area (Å²) in [6, 6.07) is 2.86. The topological polar surface area (TPSA) is 134 Å². The number of nitrogens with one attached hydrogen (secondary N) is 1. The molecule has 9 nitrogen and oxygen atoms in total. The molecule has 0 saturated heterocycles. The van der Waals surface area contributed by atoms with Crippen molar-refractivity contribution in [1.82, 2.24) is 24.8 Å². The van der Waals surface area contributed by atoms with Crippen LogP contribution in [0.15, 0.2) is 24.8 Å². The number of fused-ring (bicyclic) bond motifs is 1. The smallest absolute Gasteiger partial charge is 0.236 e. The number of anilines is 1. The largest absolute Gasteiger partial charge is 0.493 e. The molecule has 1 atom stereocenters. The van der Waals surface area contributed by atoms with Gasteiger partial charge in [-0.15, -0.1) is 0 Å². The fourth-order valence-corrected chi connectivity index (χ4v) is 3.24. The number of carbonyl (C=O) groups excluding carboxylic acids is 1. The first-order chi connectivity index (χ1) is 13.9. The van der Waals surface area contributed by atoms with Crippen LogP contribution in [-0.2, 0) is 11.3 Å². The Bertz CT molecular complexity index is 1020. The first kappa shape index (κ1) is 21.1. The number of hydrogen-bond acceptors (Lipinski definition) is 7. The van der Waals surface area contributed by atoms with Crippen LogP contribution >= 0.6 is 23.2 Å². The molecule has 3 aromatic rings. The monoisotopic (exact) mass is 437 g/mol. The Morgan fingerprint density at radius 1 is 1.31 bits per heavy atom. The molecule has 0 bridgehead atoms. The summed E-state index contributed by atoms with van der Waals surface area (Å²) in [5, 5.41) is 3.32. The van der Waals surface area contributed by atoms with Crippen molar-refractivity contribution < 1.29 is 9.53 Å². The second-order valence-corrected chi connectivity index (χ2v) is 7.14. The molecule has 0 spiro atoms. The molecule has 0 saturated carbocycles. The van der Waals surface area contributed by atoms with E-state index in [9.17, 15) is 4.79 Å². The molecule has 1 amide bonds. The van der Waals surface area contributed by atoms with E-state index in [0.29, 0.717) is 64.3 Å². The molecule has 0 fully saturated rings. The van der Waals surface area contributed by atoms with Crippen molar-refractivity contribution >= 4 is 46.1 Å². The van der Waals surface area contributed by atoms with Gasteiger partial charge in [-0.2, -0.15) is 0 Å². The van der Waals surface area contributed by atoms with Crippen molar-refractivity contribution in [2.75, 3.05) is 19.4 Å². The number of rotatable bonds is 8. The van der Waals surface area contributed by atoms with Gasteiger partial charge in [0.2, 0.25) is 5.91 Å². The molecule has 3 rings (SSSR count). The lowest BCUT2D eigenvalue weighted by atomic mass is 10.1. The van der Waals surface area contributed by atoms with E-state index in [1.807, 2.05) is 0 Å². The third-order valence-corrected chi connectivity index (χ3v) is 5.25. The van der Waals surface area contributed by atoms with E-state index in [0.717, 1.165) is 0 Å². The lowest BCUT2D eigenvalue weighted by Crippen LogP contribution is -2.38. The average molecular weight is 438 g/mol. The Balaban J connectivity index is 1.77. The Labute approximate surface area is 177 Å². The Morgan fingerprint density at radius 3 is 2.86 bits per heavy atom. The van der Waals surface area contributed by atoms with E-state index in [1.54, 1.807) is 30.1 Å². The van der Waals surface area contributed by atoms with E-state index in [2.05, 4.69) is 20.3 Å². The Morgan fingerprint density at radius 2 is 2.10 bits per heavy atom. The van der Waals surface area contributed by atoms with Gasteiger partial charge in [-0.25, -0.2) is 15.0 Å². The third kappa shape index (κ3) is 4.69. The molecule has 2 aromatic heterocycles. The molecule has 154 valence electrons. The molecule has 29 heavy (non-hydrogen) atoms. The number of hydrogen-bond donors (Lipinski definition) is 3. The minimum Gasteiger partial charge on any atom is -0.493 e. The summed E-state index contributed by atoms with van der Waals surface area (Å²) in [6.07, 6.45) is 4.09. The normalized spacial score (nSPS) is 12.1. The van der Waals surface area contributed by atoms with Crippen LogP contribution < -0.4 is 21.5 Å². The Kier molecular flexibility index (Phi) is 6.73. The number of ether oxygens (including phenoxy) is 1. The highest BCUT2D eigenvalue weighted by Crippen LogP contribution is 2.34. The van der Waals surface area contributed by atoms with Gasteiger partial charge in [0.25, 0.3) is 0 Å². The summed E-state index contributed by atoms with van der Waals surface area (Å²) in [7, 11) is 1.55. The van der Waals surface area contributed by atoms with Crippen LogP contribution in [0.2, 0.25) is 10.0 Å². The predicted molar refractivity (Wildman–Crippen MR) is 112 cm³/mol. The molecular weight excluding hydrogens is 417 g/mol.